The second kappa shape index (κ2) is 14.5. The Morgan fingerprint density at radius 3 is 1.31 bits per heavy atom. The first-order chi connectivity index (χ1) is 16.6. The number of benzene rings is 3. The fourth-order valence-electron chi connectivity index (χ4n) is 2.60. The van der Waals surface area contributed by atoms with Crippen molar-refractivity contribution < 1.29 is 0 Å². The van der Waals surface area contributed by atoms with Gasteiger partial charge in [-0.05, 0) is 73.9 Å². The summed E-state index contributed by atoms with van der Waals surface area (Å²) in [7, 11) is 0. The molecule has 0 spiro atoms. The number of hydrogen-bond acceptors (Lipinski definition) is 3. The minimum absolute atomic E-state index is 0.0210. The summed E-state index contributed by atoms with van der Waals surface area (Å²) in [6.07, 6.45) is 0. The lowest BCUT2D eigenvalue weighted by molar-refractivity contribution is 1.36. The van der Waals surface area contributed by atoms with E-state index in [-0.39, 0.29) is 11.9 Å². The van der Waals surface area contributed by atoms with E-state index in [0.29, 0.717) is 47.2 Å². The number of guanidine groups is 2. The molecular formula is C23H25Cl6N7. The fraction of sp³-hybridized carbons (Fsp3) is 0.130. The quantitative estimate of drug-likeness (QED) is 0.117. The minimum atomic E-state index is -0.0624. The SMILES string of the molecule is Cc1cc(Cl)c(N)c(Cl)c1.Cc1cc(Cl)c(N=C(N)N)c(Cl)c1.Cc1cc(Cl)cc(Cl)c1N=C(N)N. The van der Waals surface area contributed by atoms with Gasteiger partial charge in [-0.1, -0.05) is 69.6 Å². The van der Waals surface area contributed by atoms with Crippen molar-refractivity contribution in [1.29, 1.82) is 0 Å². The predicted octanol–water partition coefficient (Wildman–Crippen LogP) is 7.30. The maximum Gasteiger partial charge on any atom is 0.191 e. The second-order valence-corrected chi connectivity index (χ2v) is 9.82. The van der Waals surface area contributed by atoms with Crippen molar-refractivity contribution in [3.8, 4) is 0 Å². The number of rotatable bonds is 2. The molecule has 0 aliphatic rings. The van der Waals surface area contributed by atoms with E-state index < -0.39 is 0 Å². The fourth-order valence-corrected chi connectivity index (χ4v) is 4.52. The maximum absolute atomic E-state index is 5.88. The summed E-state index contributed by atoms with van der Waals surface area (Å²) in [4.78, 5) is 7.69. The Balaban J connectivity index is 0.000000273. The molecule has 0 aromatic heterocycles. The number of anilines is 1. The molecular weight excluding hydrogens is 587 g/mol. The highest BCUT2D eigenvalue weighted by Gasteiger charge is 2.06. The molecule has 0 bridgehead atoms. The van der Waals surface area contributed by atoms with Gasteiger partial charge in [-0.2, -0.15) is 0 Å². The topological polar surface area (TPSA) is 155 Å². The van der Waals surface area contributed by atoms with Crippen LogP contribution in [0, 0.1) is 20.8 Å². The van der Waals surface area contributed by atoms with Gasteiger partial charge in [-0.25, -0.2) is 9.98 Å². The average Bonchev–Trinajstić information content (AvgIpc) is 2.72. The van der Waals surface area contributed by atoms with Gasteiger partial charge in [-0.3, -0.25) is 0 Å². The summed E-state index contributed by atoms with van der Waals surface area (Å²) >= 11 is 34.8. The first-order valence-corrected chi connectivity index (χ1v) is 12.2. The summed E-state index contributed by atoms with van der Waals surface area (Å²) in [6, 6.07) is 10.4. The van der Waals surface area contributed by atoms with Gasteiger partial charge in [0.2, 0.25) is 0 Å². The molecule has 0 amide bonds. The van der Waals surface area contributed by atoms with Crippen molar-refractivity contribution in [3.63, 3.8) is 0 Å². The molecule has 0 aliphatic heterocycles. The summed E-state index contributed by atoms with van der Waals surface area (Å²) in [5, 5.41) is 2.93. The highest BCUT2D eigenvalue weighted by atomic mass is 35.5. The highest BCUT2D eigenvalue weighted by molar-refractivity contribution is 6.39. The molecule has 3 rings (SSSR count). The van der Waals surface area contributed by atoms with E-state index >= 15 is 0 Å². The van der Waals surface area contributed by atoms with E-state index in [0.717, 1.165) is 16.7 Å². The molecule has 0 heterocycles. The van der Waals surface area contributed by atoms with Crippen molar-refractivity contribution >= 4 is 98.6 Å². The Labute approximate surface area is 240 Å². The van der Waals surface area contributed by atoms with Gasteiger partial charge in [0, 0.05) is 5.02 Å². The van der Waals surface area contributed by atoms with E-state index in [2.05, 4.69) is 9.98 Å². The molecule has 0 atom stereocenters. The van der Waals surface area contributed by atoms with Crippen molar-refractivity contribution in [2.45, 2.75) is 20.8 Å². The molecule has 3 aromatic carbocycles. The molecule has 3 aromatic rings. The van der Waals surface area contributed by atoms with Crippen LogP contribution in [0.1, 0.15) is 16.7 Å². The van der Waals surface area contributed by atoms with Crippen LogP contribution in [-0.4, -0.2) is 11.9 Å². The number of nitrogen functional groups attached to an aromatic ring is 1. The van der Waals surface area contributed by atoms with E-state index in [1.54, 1.807) is 36.4 Å². The molecule has 0 saturated carbocycles. The molecule has 10 N–H and O–H groups in total. The average molecular weight is 612 g/mol. The molecule has 0 unspecified atom stereocenters. The normalized spacial score (nSPS) is 9.81. The third kappa shape index (κ3) is 10.4. The Kier molecular flexibility index (Phi) is 12.8. The predicted molar refractivity (Wildman–Crippen MR) is 159 cm³/mol. The van der Waals surface area contributed by atoms with Crippen LogP contribution in [-0.2, 0) is 0 Å². The van der Waals surface area contributed by atoms with E-state index in [4.69, 9.17) is 98.3 Å². The Morgan fingerprint density at radius 2 is 0.917 bits per heavy atom. The van der Waals surface area contributed by atoms with Gasteiger partial charge < -0.3 is 28.7 Å². The third-order valence-corrected chi connectivity index (χ3v) is 5.79. The van der Waals surface area contributed by atoms with Gasteiger partial charge in [0.05, 0.1) is 36.5 Å². The Bertz CT molecular complexity index is 1140. The summed E-state index contributed by atoms with van der Waals surface area (Å²) in [6.45, 7) is 5.63. The minimum Gasteiger partial charge on any atom is -0.396 e. The monoisotopic (exact) mass is 609 g/mol. The number of halogens is 6. The lowest BCUT2D eigenvalue weighted by atomic mass is 10.2. The standard InChI is InChI=1S/2C8H9Cl2N3.C7H7Cl2N/c1-4-2-5(9)3-6(10)7(4)13-8(11)12;1-4-2-5(9)7(6(10)3-4)13-8(11)12;1-4-2-5(8)7(10)6(9)3-4/h2*2-3H,1H3,(H4,11,12,13);2-3H,10H2,1H3. The lowest BCUT2D eigenvalue weighted by Gasteiger charge is -2.03. The van der Waals surface area contributed by atoms with Crippen LogP contribution >= 0.6 is 69.6 Å². The summed E-state index contributed by atoms with van der Waals surface area (Å²) in [5.41, 5.74) is 30.6. The molecule has 7 nitrogen and oxygen atoms in total. The van der Waals surface area contributed by atoms with E-state index in [9.17, 15) is 0 Å². The Morgan fingerprint density at radius 1 is 0.556 bits per heavy atom. The second-order valence-electron chi connectivity index (χ2n) is 7.35. The Hall–Kier alpha value is -2.26. The van der Waals surface area contributed by atoms with Crippen molar-refractivity contribution in [3.05, 3.63) is 83.2 Å². The van der Waals surface area contributed by atoms with Gasteiger partial charge in [0.1, 0.15) is 5.69 Å². The van der Waals surface area contributed by atoms with Crippen LogP contribution in [0.25, 0.3) is 0 Å². The van der Waals surface area contributed by atoms with Crippen LogP contribution in [0.4, 0.5) is 17.1 Å². The summed E-state index contributed by atoms with van der Waals surface area (Å²) in [5.74, 6) is -0.0834. The van der Waals surface area contributed by atoms with Crippen molar-refractivity contribution in [2.75, 3.05) is 5.73 Å². The first-order valence-electron chi connectivity index (χ1n) is 9.94. The molecule has 0 radical (unpaired) electrons. The van der Waals surface area contributed by atoms with E-state index in [1.165, 1.54) is 0 Å². The highest BCUT2D eigenvalue weighted by Crippen LogP contribution is 2.34. The summed E-state index contributed by atoms with van der Waals surface area (Å²) < 4.78 is 0. The van der Waals surface area contributed by atoms with Crippen LogP contribution in [0.15, 0.2) is 46.4 Å². The third-order valence-electron chi connectivity index (χ3n) is 4.09. The zero-order chi connectivity index (χ0) is 27.7. The van der Waals surface area contributed by atoms with Gasteiger partial charge in [0.25, 0.3) is 0 Å². The van der Waals surface area contributed by atoms with Crippen molar-refractivity contribution in [1.82, 2.24) is 0 Å². The zero-order valence-corrected chi connectivity index (χ0v) is 24.0. The molecule has 194 valence electrons. The van der Waals surface area contributed by atoms with Crippen LogP contribution in [0.3, 0.4) is 0 Å². The largest absolute Gasteiger partial charge is 0.396 e. The molecule has 0 aliphatic carbocycles. The van der Waals surface area contributed by atoms with Crippen LogP contribution in [0.2, 0.25) is 30.1 Å². The molecule has 0 fully saturated rings. The maximum atomic E-state index is 5.88. The number of aliphatic imine (C=N–C) groups is 2. The smallest absolute Gasteiger partial charge is 0.191 e. The van der Waals surface area contributed by atoms with Crippen LogP contribution < -0.4 is 28.7 Å². The zero-order valence-electron chi connectivity index (χ0n) is 19.5. The molecule has 13 heteroatoms. The number of hydrogen-bond donors (Lipinski definition) is 5. The lowest BCUT2D eigenvalue weighted by Crippen LogP contribution is -2.22. The first kappa shape index (κ1) is 31.8. The van der Waals surface area contributed by atoms with E-state index in [1.807, 2.05) is 20.8 Å². The number of nitrogens with zero attached hydrogens (tertiary/aromatic N) is 2. The van der Waals surface area contributed by atoms with Gasteiger partial charge in [-0.15, -0.1) is 0 Å². The molecule has 36 heavy (non-hydrogen) atoms. The number of aryl methyl sites for hydroxylation is 3. The van der Waals surface area contributed by atoms with Gasteiger partial charge >= 0.3 is 0 Å². The number of nitrogens with two attached hydrogens (primary N) is 5. The van der Waals surface area contributed by atoms with Gasteiger partial charge in [0.15, 0.2) is 11.9 Å². The van der Waals surface area contributed by atoms with Crippen molar-refractivity contribution in [2.24, 2.45) is 32.9 Å². The van der Waals surface area contributed by atoms with Crippen LogP contribution in [0.5, 0.6) is 0 Å². The molecule has 0 saturated heterocycles.